The number of rotatable bonds is 9. The number of nitrogens with one attached hydrogen (secondary N) is 1. The van der Waals surface area contributed by atoms with E-state index >= 15 is 0 Å². The molecule has 0 bridgehead atoms. The minimum absolute atomic E-state index is 0.0497. The number of halogens is 1. The summed E-state index contributed by atoms with van der Waals surface area (Å²) in [6, 6.07) is 12.6. The first-order chi connectivity index (χ1) is 15.0. The molecule has 0 aliphatic rings. The number of thiazole rings is 1. The largest absolute Gasteiger partial charge is 0.497 e. The number of amides is 1. The Morgan fingerprint density at radius 3 is 2.71 bits per heavy atom. The van der Waals surface area contributed by atoms with Crippen molar-refractivity contribution >= 4 is 51.7 Å². The molecule has 0 spiro atoms. The van der Waals surface area contributed by atoms with Gasteiger partial charge in [-0.15, -0.1) is 23.1 Å². The number of nitrogens with zero attached hydrogens (tertiary/aromatic N) is 1. The Kier molecular flexibility index (Phi) is 8.16. The summed E-state index contributed by atoms with van der Waals surface area (Å²) < 4.78 is 15.6. The van der Waals surface area contributed by atoms with E-state index in [2.05, 4.69) is 10.3 Å². The second-order valence-electron chi connectivity index (χ2n) is 6.03. The molecule has 0 aliphatic heterocycles. The summed E-state index contributed by atoms with van der Waals surface area (Å²) in [5.41, 5.74) is 1.37. The van der Waals surface area contributed by atoms with Gasteiger partial charge in [-0.3, -0.25) is 14.9 Å². The normalized spacial score (nSPS) is 10.4. The molecule has 0 saturated heterocycles. The van der Waals surface area contributed by atoms with E-state index < -0.39 is 18.5 Å². The smallest absolute Gasteiger partial charge is 0.316 e. The molecule has 0 radical (unpaired) electrons. The minimum atomic E-state index is -0.513. The van der Waals surface area contributed by atoms with Gasteiger partial charge in [-0.1, -0.05) is 23.7 Å². The number of anilines is 1. The highest BCUT2D eigenvalue weighted by atomic mass is 35.5. The minimum Gasteiger partial charge on any atom is -0.497 e. The predicted octanol–water partition coefficient (Wildman–Crippen LogP) is 4.75. The quantitative estimate of drug-likeness (QED) is 0.350. The first kappa shape index (κ1) is 22.9. The van der Waals surface area contributed by atoms with Gasteiger partial charge >= 0.3 is 5.97 Å². The number of thioether (sulfide) groups is 1. The standard InChI is InChI=1S/C21H19ClN2O5S2/c1-27-13-7-8-17(28-2)14(9-13)16-11-31-21(23-16)24-19(25)10-29-20(26)12-30-18-6-4-3-5-15(18)22/h3-9,11H,10,12H2,1-2H3,(H,23,24,25). The molecule has 1 heterocycles. The van der Waals surface area contributed by atoms with Crippen LogP contribution in [0.25, 0.3) is 11.3 Å². The molecule has 1 N–H and O–H groups in total. The van der Waals surface area contributed by atoms with Gasteiger partial charge in [-0.25, -0.2) is 4.98 Å². The van der Waals surface area contributed by atoms with Gasteiger partial charge in [0, 0.05) is 15.8 Å². The molecule has 10 heteroatoms. The fraction of sp³-hybridized carbons (Fsp3) is 0.190. The SMILES string of the molecule is COc1ccc(OC)c(-c2csc(NC(=O)COC(=O)CSc3ccccc3Cl)n2)c1. The monoisotopic (exact) mass is 478 g/mol. The number of methoxy groups -OCH3 is 2. The summed E-state index contributed by atoms with van der Waals surface area (Å²) >= 11 is 8.55. The van der Waals surface area contributed by atoms with Crippen LogP contribution >= 0.6 is 34.7 Å². The third-order valence-corrected chi connectivity index (χ3v) is 6.23. The lowest BCUT2D eigenvalue weighted by Crippen LogP contribution is -2.21. The topological polar surface area (TPSA) is 86.8 Å². The first-order valence-electron chi connectivity index (χ1n) is 9.01. The highest BCUT2D eigenvalue weighted by molar-refractivity contribution is 8.00. The zero-order valence-corrected chi connectivity index (χ0v) is 19.1. The number of esters is 1. The summed E-state index contributed by atoms with van der Waals surface area (Å²) in [7, 11) is 3.14. The maximum Gasteiger partial charge on any atom is 0.316 e. The van der Waals surface area contributed by atoms with Crippen LogP contribution in [0.3, 0.4) is 0 Å². The van der Waals surface area contributed by atoms with Gasteiger partial charge in [0.2, 0.25) is 0 Å². The van der Waals surface area contributed by atoms with E-state index in [9.17, 15) is 9.59 Å². The van der Waals surface area contributed by atoms with E-state index in [1.54, 1.807) is 43.9 Å². The van der Waals surface area contributed by atoms with Crippen molar-refractivity contribution in [2.75, 3.05) is 31.9 Å². The Labute approximate surface area is 192 Å². The van der Waals surface area contributed by atoms with Gasteiger partial charge in [0.15, 0.2) is 11.7 Å². The van der Waals surface area contributed by atoms with Crippen LogP contribution in [0.4, 0.5) is 5.13 Å². The van der Waals surface area contributed by atoms with Crippen LogP contribution in [-0.4, -0.2) is 43.4 Å². The van der Waals surface area contributed by atoms with E-state index in [0.717, 1.165) is 10.5 Å². The molecule has 0 saturated carbocycles. The van der Waals surface area contributed by atoms with Crippen molar-refractivity contribution in [2.45, 2.75) is 4.90 Å². The van der Waals surface area contributed by atoms with Crippen LogP contribution in [0.5, 0.6) is 11.5 Å². The molecule has 0 fully saturated rings. The summed E-state index contributed by atoms with van der Waals surface area (Å²) in [6.07, 6.45) is 0. The lowest BCUT2D eigenvalue weighted by atomic mass is 10.1. The molecule has 162 valence electrons. The average Bonchev–Trinajstić information content (AvgIpc) is 3.24. The van der Waals surface area contributed by atoms with Crippen molar-refractivity contribution in [3.63, 3.8) is 0 Å². The van der Waals surface area contributed by atoms with Crippen LogP contribution < -0.4 is 14.8 Å². The zero-order chi connectivity index (χ0) is 22.2. The molecule has 2 aromatic carbocycles. The summed E-state index contributed by atoms with van der Waals surface area (Å²) in [5.74, 6) is 0.356. The molecule has 1 amide bonds. The number of ether oxygens (including phenoxy) is 3. The molecule has 0 aliphatic carbocycles. The van der Waals surface area contributed by atoms with Crippen LogP contribution in [0.15, 0.2) is 52.7 Å². The van der Waals surface area contributed by atoms with Gasteiger partial charge in [0.05, 0.1) is 30.7 Å². The molecule has 7 nitrogen and oxygen atoms in total. The van der Waals surface area contributed by atoms with Gasteiger partial charge < -0.3 is 14.2 Å². The van der Waals surface area contributed by atoms with Crippen LogP contribution in [-0.2, 0) is 14.3 Å². The maximum atomic E-state index is 12.1. The average molecular weight is 479 g/mol. The van der Waals surface area contributed by atoms with Crippen LogP contribution in [0.1, 0.15) is 0 Å². The molecular weight excluding hydrogens is 460 g/mol. The third-order valence-electron chi connectivity index (χ3n) is 3.98. The van der Waals surface area contributed by atoms with Gasteiger partial charge in [0.1, 0.15) is 11.5 Å². The van der Waals surface area contributed by atoms with Crippen molar-refractivity contribution in [1.29, 1.82) is 0 Å². The summed E-state index contributed by atoms with van der Waals surface area (Å²) in [4.78, 5) is 29.2. The second kappa shape index (κ2) is 11.0. The number of aromatic nitrogens is 1. The number of hydrogen-bond donors (Lipinski definition) is 1. The Bertz CT molecular complexity index is 1070. The Balaban J connectivity index is 1.52. The molecular formula is C21H19ClN2O5S2. The fourth-order valence-corrected chi connectivity index (χ4v) is 4.27. The highest BCUT2D eigenvalue weighted by Gasteiger charge is 2.14. The molecule has 3 rings (SSSR count). The van der Waals surface area contributed by atoms with Crippen molar-refractivity contribution in [1.82, 2.24) is 4.98 Å². The Morgan fingerprint density at radius 2 is 1.97 bits per heavy atom. The molecule has 1 aromatic heterocycles. The van der Waals surface area contributed by atoms with E-state index in [1.807, 2.05) is 18.2 Å². The first-order valence-corrected chi connectivity index (χ1v) is 11.2. The van der Waals surface area contributed by atoms with Crippen molar-refractivity contribution in [3.05, 3.63) is 52.9 Å². The van der Waals surface area contributed by atoms with Gasteiger partial charge in [0.25, 0.3) is 5.91 Å². The van der Waals surface area contributed by atoms with Crippen molar-refractivity contribution in [2.24, 2.45) is 0 Å². The zero-order valence-electron chi connectivity index (χ0n) is 16.7. The summed E-state index contributed by atoms with van der Waals surface area (Å²) in [6.45, 7) is -0.403. The number of carbonyl (C=O) groups excluding carboxylic acids is 2. The van der Waals surface area contributed by atoms with E-state index in [1.165, 1.54) is 23.1 Å². The highest BCUT2D eigenvalue weighted by Crippen LogP contribution is 2.35. The Morgan fingerprint density at radius 1 is 1.16 bits per heavy atom. The molecule has 31 heavy (non-hydrogen) atoms. The van der Waals surface area contributed by atoms with Gasteiger partial charge in [-0.2, -0.15) is 0 Å². The van der Waals surface area contributed by atoms with Crippen molar-refractivity contribution < 1.29 is 23.8 Å². The number of benzene rings is 2. The second-order valence-corrected chi connectivity index (χ2v) is 8.31. The lowest BCUT2D eigenvalue weighted by molar-refractivity contribution is -0.144. The summed E-state index contributed by atoms with van der Waals surface area (Å²) in [5, 5.41) is 5.36. The maximum absolute atomic E-state index is 12.1. The van der Waals surface area contributed by atoms with E-state index in [-0.39, 0.29) is 5.75 Å². The molecule has 0 unspecified atom stereocenters. The lowest BCUT2D eigenvalue weighted by Gasteiger charge is -2.08. The third kappa shape index (κ3) is 6.36. The van der Waals surface area contributed by atoms with Gasteiger partial charge in [-0.05, 0) is 30.3 Å². The Hall–Kier alpha value is -2.75. The predicted molar refractivity (Wildman–Crippen MR) is 122 cm³/mol. The van der Waals surface area contributed by atoms with E-state index in [4.69, 9.17) is 25.8 Å². The van der Waals surface area contributed by atoms with Crippen LogP contribution in [0.2, 0.25) is 5.02 Å². The molecule has 0 atom stereocenters. The van der Waals surface area contributed by atoms with Crippen molar-refractivity contribution in [3.8, 4) is 22.8 Å². The van der Waals surface area contributed by atoms with Crippen LogP contribution in [0, 0.1) is 0 Å². The number of hydrogen-bond acceptors (Lipinski definition) is 8. The van der Waals surface area contributed by atoms with E-state index in [0.29, 0.717) is 27.3 Å². The fourth-order valence-electron chi connectivity index (χ4n) is 2.51. The molecule has 3 aromatic rings. The number of carbonyl (C=O) groups is 2.